The van der Waals surface area contributed by atoms with E-state index >= 15 is 0 Å². The third kappa shape index (κ3) is 7.33. The quantitative estimate of drug-likeness (QED) is 0.366. The highest BCUT2D eigenvalue weighted by Crippen LogP contribution is 2.61. The first kappa shape index (κ1) is 27.2. The number of hydrogen-bond acceptors (Lipinski definition) is 5. The number of rotatable bonds is 6. The van der Waals surface area contributed by atoms with Crippen molar-refractivity contribution in [2.45, 2.75) is 6.92 Å². The van der Waals surface area contributed by atoms with Crippen molar-refractivity contribution in [2.75, 3.05) is 0 Å². The average molecular weight is 523 g/mol. The highest BCUT2D eigenvalue weighted by atomic mass is 35.7. The van der Waals surface area contributed by atoms with Gasteiger partial charge in [-0.25, -0.2) is 0 Å². The summed E-state index contributed by atoms with van der Waals surface area (Å²) in [5, 5.41) is 6.83. The van der Waals surface area contributed by atoms with Gasteiger partial charge >= 0.3 is 0 Å². The molecule has 0 spiro atoms. The lowest BCUT2D eigenvalue weighted by Crippen LogP contribution is -2.58. The highest BCUT2D eigenvalue weighted by Gasteiger charge is 2.50. The van der Waals surface area contributed by atoms with Crippen LogP contribution < -0.4 is 35.2 Å². The number of carbonyl (C=O) groups excluding carboxylic acids is 1. The second-order valence-corrected chi connectivity index (χ2v) is 11.9. The molecule has 36 heavy (non-hydrogen) atoms. The Labute approximate surface area is 213 Å². The molecule has 0 aliphatic carbocycles. The molecular weight excluding hydrogens is 497 g/mol. The van der Waals surface area contributed by atoms with Gasteiger partial charge in [0.2, 0.25) is 5.91 Å². The van der Waals surface area contributed by atoms with Crippen LogP contribution in [0.3, 0.4) is 0 Å². The van der Waals surface area contributed by atoms with E-state index < -0.39 is 17.5 Å². The van der Waals surface area contributed by atoms with Crippen LogP contribution in [0.1, 0.15) is 12.5 Å². The first-order valence-corrected chi connectivity index (χ1v) is 14.0. The Hall–Kier alpha value is -3.35. The number of halogens is 1. The lowest BCUT2D eigenvalue weighted by molar-refractivity contribution is -1.92. The molecule has 6 nitrogen and oxygen atoms in total. The van der Waals surface area contributed by atoms with Crippen LogP contribution in [0.25, 0.3) is 6.08 Å². The van der Waals surface area contributed by atoms with E-state index in [9.17, 15) is 4.79 Å². The normalized spacial score (nSPS) is 11.8. The van der Waals surface area contributed by atoms with E-state index in [0.717, 1.165) is 11.0 Å². The van der Waals surface area contributed by atoms with Crippen molar-refractivity contribution in [2.24, 2.45) is 0 Å². The Kier molecular flexibility index (Phi) is 9.51. The van der Waals surface area contributed by atoms with Gasteiger partial charge in [-0.15, -0.1) is 0 Å². The Morgan fingerprint density at radius 1 is 0.694 bits per heavy atom. The lowest BCUT2D eigenvalue weighted by atomic mass is 10.2. The number of carbonyl (C=O) groups is 1. The number of amides is 1. The Balaban J connectivity index is 0.000000658. The van der Waals surface area contributed by atoms with Crippen molar-refractivity contribution in [3.8, 4) is 0 Å². The summed E-state index contributed by atoms with van der Waals surface area (Å²) in [5.41, 5.74) is 1.98. The van der Waals surface area contributed by atoms with Crippen LogP contribution in [-0.2, 0) is 4.79 Å². The van der Waals surface area contributed by atoms with Gasteiger partial charge in [0.1, 0.15) is 15.9 Å². The van der Waals surface area contributed by atoms with Crippen molar-refractivity contribution in [3.63, 3.8) is 0 Å². The Morgan fingerprint density at radius 3 is 1.31 bits per heavy atom. The van der Waals surface area contributed by atoms with Gasteiger partial charge in [-0.3, -0.25) is 10.1 Å². The monoisotopic (exact) mass is 522 g/mol. The zero-order valence-electron chi connectivity index (χ0n) is 19.5. The van der Waals surface area contributed by atoms with Crippen LogP contribution in [0.5, 0.6) is 0 Å². The topological polar surface area (TPSA) is 119 Å². The van der Waals surface area contributed by atoms with Crippen molar-refractivity contribution in [3.05, 3.63) is 132 Å². The molecule has 0 aliphatic rings. The van der Waals surface area contributed by atoms with Gasteiger partial charge in [0, 0.05) is 13.0 Å². The number of nitrogens with one attached hydrogen (secondary N) is 1. The van der Waals surface area contributed by atoms with Gasteiger partial charge in [-0.2, -0.15) is 14.0 Å². The number of hydrogen-bond donors (Lipinski definition) is 2. The minimum atomic E-state index is -4.69. The van der Waals surface area contributed by atoms with E-state index in [1.165, 1.54) is 15.9 Å². The van der Waals surface area contributed by atoms with Crippen molar-refractivity contribution >= 4 is 35.2 Å². The van der Waals surface area contributed by atoms with Crippen LogP contribution >= 0.6 is 7.26 Å². The molecule has 0 fully saturated rings. The molecule has 2 N–H and O–H groups in total. The van der Waals surface area contributed by atoms with Crippen molar-refractivity contribution in [1.82, 2.24) is 5.32 Å². The maximum atomic E-state index is 12.5. The van der Waals surface area contributed by atoms with E-state index in [2.05, 4.69) is 96.3 Å². The molecule has 0 heterocycles. The second kappa shape index (κ2) is 12.6. The first-order chi connectivity index (χ1) is 17.2. The molecule has 0 saturated heterocycles. The molecule has 1 amide bonds. The minimum Gasteiger partial charge on any atom is -0.296 e. The molecule has 0 radical (unpaired) electrons. The Morgan fingerprint density at radius 2 is 1.00 bits per heavy atom. The van der Waals surface area contributed by atoms with Crippen molar-refractivity contribution in [1.29, 1.82) is 0 Å². The molecular formula is C28H26ClNO5P+. The van der Waals surface area contributed by atoms with E-state index in [1.807, 2.05) is 36.4 Å². The van der Waals surface area contributed by atoms with E-state index in [-0.39, 0.29) is 5.91 Å². The molecule has 0 aliphatic heterocycles. The summed E-state index contributed by atoms with van der Waals surface area (Å²) in [6, 6.07) is 41.8. The largest absolute Gasteiger partial charge is 0.296 e. The molecule has 4 rings (SSSR count). The van der Waals surface area contributed by atoms with Gasteiger partial charge in [-0.05, 0) is 42.0 Å². The van der Waals surface area contributed by atoms with Crippen LogP contribution in [0.15, 0.2) is 127 Å². The van der Waals surface area contributed by atoms with Gasteiger partial charge in [0.05, 0.1) is 14.9 Å². The summed E-state index contributed by atoms with van der Waals surface area (Å²) in [7, 11) is -7.05. The maximum absolute atomic E-state index is 12.5. The molecule has 4 aromatic rings. The molecule has 0 atom stereocenters. The molecule has 0 saturated carbocycles. The summed E-state index contributed by atoms with van der Waals surface area (Å²) >= 11 is 0. The third-order valence-corrected chi connectivity index (χ3v) is 9.38. The van der Waals surface area contributed by atoms with E-state index in [4.69, 9.17) is 18.6 Å². The predicted octanol–water partition coefficient (Wildman–Crippen LogP) is 0.991. The summed E-state index contributed by atoms with van der Waals surface area (Å²) in [4.78, 5) is 12.5. The van der Waals surface area contributed by atoms with Crippen LogP contribution in [0.2, 0.25) is 0 Å². The maximum Gasteiger partial charge on any atom is 0.223 e. The summed E-state index contributed by atoms with van der Waals surface area (Å²) in [6.07, 6.45) is 2.13. The molecule has 8 heteroatoms. The fraction of sp³-hybridized carbons (Fsp3) is 0.0357. The zero-order valence-corrected chi connectivity index (χ0v) is 21.2. The molecule has 0 unspecified atom stereocenters. The second-order valence-electron chi connectivity index (χ2n) is 7.69. The van der Waals surface area contributed by atoms with Gasteiger partial charge < -0.3 is 0 Å². The predicted molar refractivity (Wildman–Crippen MR) is 136 cm³/mol. The molecule has 0 aromatic heterocycles. The van der Waals surface area contributed by atoms with Gasteiger partial charge in [-0.1, -0.05) is 84.9 Å². The summed E-state index contributed by atoms with van der Waals surface area (Å²) in [6.45, 7) is 1.58. The van der Waals surface area contributed by atoms with Gasteiger partial charge in [0.15, 0.2) is 12.7 Å². The standard InChI is InChI=1S/C28H24NOP.ClHO4/c1-23(30)29-28(22-24-14-6-2-7-15-24)31(25-16-8-3-9-17-25,26-18-10-4-11-19-26)27-20-12-5-13-21-27;2-1(3,4)5/h2-22H,1H3;(H,2,3,4,5)/p+1/b28-22+;. The fourth-order valence-electron chi connectivity index (χ4n) is 3.92. The Bertz CT molecular complexity index is 1160. The van der Waals surface area contributed by atoms with Crippen molar-refractivity contribution < 1.29 is 33.7 Å². The zero-order chi connectivity index (χ0) is 26.0. The fourth-order valence-corrected chi connectivity index (χ4v) is 8.18. The van der Waals surface area contributed by atoms with Crippen LogP contribution in [0, 0.1) is 10.2 Å². The first-order valence-electron chi connectivity index (χ1n) is 11.0. The third-order valence-electron chi connectivity index (χ3n) is 5.20. The minimum absolute atomic E-state index is 0.0747. The SMILES string of the molecule is CC(=O)N/C(=C\c1ccccc1)[P+](c1ccccc1)(c1ccccc1)c1ccccc1.[O-][Cl+3]([O-])([O-])O. The molecule has 4 aromatic carbocycles. The smallest absolute Gasteiger partial charge is 0.223 e. The van der Waals surface area contributed by atoms with Crippen LogP contribution in [-0.4, -0.2) is 10.6 Å². The number of benzene rings is 4. The van der Waals surface area contributed by atoms with Crippen LogP contribution in [0.4, 0.5) is 0 Å². The molecule has 184 valence electrons. The van der Waals surface area contributed by atoms with E-state index in [1.54, 1.807) is 6.92 Å². The average Bonchev–Trinajstić information content (AvgIpc) is 2.86. The van der Waals surface area contributed by atoms with Gasteiger partial charge in [0.25, 0.3) is 0 Å². The van der Waals surface area contributed by atoms with E-state index in [0.29, 0.717) is 0 Å². The summed E-state index contributed by atoms with van der Waals surface area (Å²) in [5.74, 6) is -0.0747. The highest BCUT2D eigenvalue weighted by molar-refractivity contribution is 7.99. The summed E-state index contributed by atoms with van der Waals surface area (Å²) < 4.78 is 32.7. The lowest BCUT2D eigenvalue weighted by Gasteiger charge is -2.29. The molecule has 0 bridgehead atoms.